The van der Waals surface area contributed by atoms with Crippen LogP contribution in [0, 0.1) is 13.8 Å². The summed E-state index contributed by atoms with van der Waals surface area (Å²) in [6.07, 6.45) is 0. The van der Waals surface area contributed by atoms with Gasteiger partial charge in [0.25, 0.3) is 0 Å². The van der Waals surface area contributed by atoms with Crippen LogP contribution in [-0.2, 0) is 7.05 Å². The van der Waals surface area contributed by atoms with Crippen molar-refractivity contribution in [3.05, 3.63) is 52.8 Å². The Morgan fingerprint density at radius 1 is 1.18 bits per heavy atom. The second kappa shape index (κ2) is 4.72. The molecule has 0 amide bonds. The summed E-state index contributed by atoms with van der Waals surface area (Å²) in [6, 6.07) is 10.7. The first-order chi connectivity index (χ1) is 8.15. The standard InChI is InChI=1S/C14H19N3/c1-10-13(11(2)17(4)16-10)14(15-3)12-8-6-5-7-9-12/h5-9,14-15H,1-4H3. The van der Waals surface area contributed by atoms with Crippen molar-refractivity contribution >= 4 is 0 Å². The lowest BCUT2D eigenvalue weighted by Gasteiger charge is -2.17. The molecule has 1 unspecified atom stereocenters. The molecule has 1 heterocycles. The van der Waals surface area contributed by atoms with E-state index in [2.05, 4.69) is 48.5 Å². The number of rotatable bonds is 3. The van der Waals surface area contributed by atoms with E-state index in [9.17, 15) is 0 Å². The van der Waals surface area contributed by atoms with Gasteiger partial charge in [0.15, 0.2) is 0 Å². The zero-order chi connectivity index (χ0) is 12.4. The summed E-state index contributed by atoms with van der Waals surface area (Å²) in [5.74, 6) is 0. The third-order valence-corrected chi connectivity index (χ3v) is 3.28. The maximum atomic E-state index is 4.48. The Morgan fingerprint density at radius 3 is 2.29 bits per heavy atom. The lowest BCUT2D eigenvalue weighted by molar-refractivity contribution is 0.678. The van der Waals surface area contributed by atoms with Crippen LogP contribution in [0.2, 0.25) is 0 Å². The summed E-state index contributed by atoms with van der Waals surface area (Å²) in [5, 5.41) is 7.86. The lowest BCUT2D eigenvalue weighted by Crippen LogP contribution is -2.19. The van der Waals surface area contributed by atoms with Crippen molar-refractivity contribution in [2.75, 3.05) is 7.05 Å². The SMILES string of the molecule is CNC(c1ccccc1)c1c(C)nn(C)c1C. The van der Waals surface area contributed by atoms with Gasteiger partial charge >= 0.3 is 0 Å². The first-order valence-corrected chi connectivity index (χ1v) is 5.87. The zero-order valence-electron chi connectivity index (χ0n) is 10.9. The maximum Gasteiger partial charge on any atom is 0.0647 e. The molecular formula is C14H19N3. The Kier molecular flexibility index (Phi) is 3.29. The van der Waals surface area contributed by atoms with Crippen molar-refractivity contribution in [2.24, 2.45) is 7.05 Å². The molecule has 0 aliphatic rings. The van der Waals surface area contributed by atoms with Crippen molar-refractivity contribution in [1.29, 1.82) is 0 Å². The fraction of sp³-hybridized carbons (Fsp3) is 0.357. The molecular weight excluding hydrogens is 210 g/mol. The molecule has 0 saturated heterocycles. The van der Waals surface area contributed by atoms with Crippen LogP contribution in [0.5, 0.6) is 0 Å². The van der Waals surface area contributed by atoms with E-state index in [0.717, 1.165) is 5.69 Å². The molecule has 2 rings (SSSR count). The maximum absolute atomic E-state index is 4.48. The van der Waals surface area contributed by atoms with E-state index in [1.807, 2.05) is 24.8 Å². The highest BCUT2D eigenvalue weighted by molar-refractivity contribution is 5.36. The monoisotopic (exact) mass is 229 g/mol. The summed E-state index contributed by atoms with van der Waals surface area (Å²) in [5.41, 5.74) is 4.86. The average molecular weight is 229 g/mol. The number of aromatic nitrogens is 2. The highest BCUT2D eigenvalue weighted by Crippen LogP contribution is 2.26. The second-order valence-electron chi connectivity index (χ2n) is 4.34. The normalized spacial score (nSPS) is 12.7. The Morgan fingerprint density at radius 2 is 1.82 bits per heavy atom. The van der Waals surface area contributed by atoms with Gasteiger partial charge in [-0.25, -0.2) is 0 Å². The summed E-state index contributed by atoms with van der Waals surface area (Å²) in [7, 11) is 3.98. The van der Waals surface area contributed by atoms with Gasteiger partial charge in [0, 0.05) is 18.3 Å². The van der Waals surface area contributed by atoms with Crippen molar-refractivity contribution in [2.45, 2.75) is 19.9 Å². The number of nitrogens with zero attached hydrogens (tertiary/aromatic N) is 2. The topological polar surface area (TPSA) is 29.9 Å². The van der Waals surface area contributed by atoms with Crippen LogP contribution >= 0.6 is 0 Å². The molecule has 90 valence electrons. The molecule has 0 aliphatic heterocycles. The molecule has 0 bridgehead atoms. The largest absolute Gasteiger partial charge is 0.309 e. The van der Waals surface area contributed by atoms with Gasteiger partial charge in [-0.3, -0.25) is 4.68 Å². The second-order valence-corrected chi connectivity index (χ2v) is 4.34. The number of aryl methyl sites for hydroxylation is 2. The fourth-order valence-electron chi connectivity index (χ4n) is 2.33. The highest BCUT2D eigenvalue weighted by atomic mass is 15.3. The van der Waals surface area contributed by atoms with Crippen LogP contribution in [0.1, 0.15) is 28.6 Å². The molecule has 1 aromatic heterocycles. The minimum atomic E-state index is 0.213. The first kappa shape index (κ1) is 11.9. The third-order valence-electron chi connectivity index (χ3n) is 3.28. The molecule has 0 spiro atoms. The van der Waals surface area contributed by atoms with E-state index in [0.29, 0.717) is 0 Å². The number of hydrogen-bond acceptors (Lipinski definition) is 2. The van der Waals surface area contributed by atoms with Gasteiger partial charge in [-0.1, -0.05) is 30.3 Å². The Hall–Kier alpha value is -1.61. The van der Waals surface area contributed by atoms with Crippen molar-refractivity contribution in [1.82, 2.24) is 15.1 Å². The van der Waals surface area contributed by atoms with Crippen molar-refractivity contribution < 1.29 is 0 Å². The van der Waals surface area contributed by atoms with Crippen LogP contribution < -0.4 is 5.32 Å². The van der Waals surface area contributed by atoms with E-state index in [1.54, 1.807) is 0 Å². The molecule has 0 saturated carbocycles. The van der Waals surface area contributed by atoms with Gasteiger partial charge in [-0.2, -0.15) is 5.10 Å². The van der Waals surface area contributed by atoms with Gasteiger partial charge in [0.1, 0.15) is 0 Å². The van der Waals surface area contributed by atoms with Gasteiger partial charge < -0.3 is 5.32 Å². The molecule has 1 N–H and O–H groups in total. The van der Waals surface area contributed by atoms with Crippen molar-refractivity contribution in [3.8, 4) is 0 Å². The van der Waals surface area contributed by atoms with E-state index < -0.39 is 0 Å². The lowest BCUT2D eigenvalue weighted by atomic mass is 9.97. The molecule has 2 aromatic rings. The van der Waals surface area contributed by atoms with E-state index in [4.69, 9.17) is 0 Å². The highest BCUT2D eigenvalue weighted by Gasteiger charge is 2.19. The van der Waals surface area contributed by atoms with E-state index in [-0.39, 0.29) is 6.04 Å². The quantitative estimate of drug-likeness (QED) is 0.875. The number of nitrogens with one attached hydrogen (secondary N) is 1. The molecule has 1 aromatic carbocycles. The molecule has 0 aliphatic carbocycles. The first-order valence-electron chi connectivity index (χ1n) is 5.87. The summed E-state index contributed by atoms with van der Waals surface area (Å²) in [4.78, 5) is 0. The van der Waals surface area contributed by atoms with E-state index >= 15 is 0 Å². The predicted octanol–water partition coefficient (Wildman–Crippen LogP) is 2.35. The zero-order valence-corrected chi connectivity index (χ0v) is 10.9. The Bertz CT molecular complexity index is 500. The molecule has 0 radical (unpaired) electrons. The Labute approximate surface area is 102 Å². The minimum absolute atomic E-state index is 0.213. The van der Waals surface area contributed by atoms with E-state index in [1.165, 1.54) is 16.8 Å². The fourth-order valence-corrected chi connectivity index (χ4v) is 2.33. The van der Waals surface area contributed by atoms with Crippen LogP contribution in [0.4, 0.5) is 0 Å². The number of benzene rings is 1. The molecule has 1 atom stereocenters. The summed E-state index contributed by atoms with van der Waals surface area (Å²) in [6.45, 7) is 4.18. The minimum Gasteiger partial charge on any atom is -0.309 e. The third kappa shape index (κ3) is 2.11. The van der Waals surface area contributed by atoms with Gasteiger partial charge in [-0.05, 0) is 26.5 Å². The summed E-state index contributed by atoms with van der Waals surface area (Å²) < 4.78 is 1.94. The molecule has 3 heteroatoms. The van der Waals surface area contributed by atoms with Crippen molar-refractivity contribution in [3.63, 3.8) is 0 Å². The van der Waals surface area contributed by atoms with Crippen LogP contribution in [0.15, 0.2) is 30.3 Å². The smallest absolute Gasteiger partial charge is 0.0647 e. The van der Waals surface area contributed by atoms with Gasteiger partial charge in [0.2, 0.25) is 0 Å². The average Bonchev–Trinajstić information content (AvgIpc) is 2.58. The molecule has 0 fully saturated rings. The predicted molar refractivity (Wildman–Crippen MR) is 70.0 cm³/mol. The van der Waals surface area contributed by atoms with Gasteiger partial charge in [0.05, 0.1) is 11.7 Å². The van der Waals surface area contributed by atoms with Crippen LogP contribution in [0.25, 0.3) is 0 Å². The van der Waals surface area contributed by atoms with Gasteiger partial charge in [-0.15, -0.1) is 0 Å². The Balaban J connectivity index is 2.50. The van der Waals surface area contributed by atoms with Crippen LogP contribution in [0.3, 0.4) is 0 Å². The summed E-state index contributed by atoms with van der Waals surface area (Å²) >= 11 is 0. The van der Waals surface area contributed by atoms with Crippen LogP contribution in [-0.4, -0.2) is 16.8 Å². The molecule has 3 nitrogen and oxygen atoms in total. The number of hydrogen-bond donors (Lipinski definition) is 1. The molecule has 17 heavy (non-hydrogen) atoms.